The van der Waals surface area contributed by atoms with Crippen LogP contribution in [-0.4, -0.2) is 44.7 Å². The molecule has 0 bridgehead atoms. The van der Waals surface area contributed by atoms with Gasteiger partial charge in [0.1, 0.15) is 5.82 Å². The number of aromatic amines is 1. The van der Waals surface area contributed by atoms with Crippen LogP contribution in [-0.2, 0) is 0 Å². The van der Waals surface area contributed by atoms with Crippen LogP contribution in [0.1, 0.15) is 12.8 Å². The molecular weight excluding hydrogens is 334 g/mol. The lowest BCUT2D eigenvalue weighted by Crippen LogP contribution is -2.29. The molecule has 1 unspecified atom stereocenters. The van der Waals surface area contributed by atoms with Crippen LogP contribution in [0.15, 0.2) is 29.6 Å². The molecule has 1 aliphatic heterocycles. The van der Waals surface area contributed by atoms with Crippen molar-refractivity contribution in [2.45, 2.75) is 18.9 Å². The van der Waals surface area contributed by atoms with Crippen LogP contribution >= 0.6 is 11.3 Å². The van der Waals surface area contributed by atoms with Crippen molar-refractivity contribution < 1.29 is 0 Å². The van der Waals surface area contributed by atoms with Gasteiger partial charge >= 0.3 is 0 Å². The smallest absolute Gasteiger partial charge is 0.204 e. The third-order valence-corrected chi connectivity index (χ3v) is 5.62. The number of tetrazole rings is 1. The van der Waals surface area contributed by atoms with E-state index < -0.39 is 0 Å². The lowest BCUT2D eigenvalue weighted by Gasteiger charge is -2.14. The molecule has 1 aromatic carbocycles. The summed E-state index contributed by atoms with van der Waals surface area (Å²) in [6.45, 7) is 2.01. The molecule has 1 saturated heterocycles. The number of hydrogen-bond donors (Lipinski definition) is 3. The highest BCUT2D eigenvalue weighted by molar-refractivity contribution is 7.18. The van der Waals surface area contributed by atoms with E-state index in [0.717, 1.165) is 35.4 Å². The van der Waals surface area contributed by atoms with Gasteiger partial charge in [0.05, 0.1) is 5.52 Å². The molecule has 3 aromatic heterocycles. The maximum atomic E-state index is 4.89. The molecule has 1 aliphatic rings. The Kier molecular flexibility index (Phi) is 3.57. The average Bonchev–Trinajstić information content (AvgIpc) is 3.41. The fraction of sp³-hybridized carbons (Fsp3) is 0.294. The number of nitrogens with zero attached hydrogens (tertiary/aromatic N) is 4. The van der Waals surface area contributed by atoms with Crippen LogP contribution in [0.5, 0.6) is 0 Å². The van der Waals surface area contributed by atoms with Crippen LogP contribution in [0, 0.1) is 0 Å². The third-order valence-electron chi connectivity index (χ3n) is 4.68. The van der Waals surface area contributed by atoms with Gasteiger partial charge in [-0.05, 0) is 42.1 Å². The summed E-state index contributed by atoms with van der Waals surface area (Å²) in [6.07, 6.45) is 2.47. The second-order valence-electron chi connectivity index (χ2n) is 6.27. The Bertz CT molecular complexity index is 1020. The van der Waals surface area contributed by atoms with E-state index in [9.17, 15) is 0 Å². The molecule has 0 saturated carbocycles. The number of aromatic nitrogens is 5. The highest BCUT2D eigenvalue weighted by Crippen LogP contribution is 2.34. The van der Waals surface area contributed by atoms with E-state index >= 15 is 0 Å². The summed E-state index contributed by atoms with van der Waals surface area (Å²) >= 11 is 1.75. The number of thiophene rings is 1. The van der Waals surface area contributed by atoms with Gasteiger partial charge in [0, 0.05) is 33.6 Å². The first-order valence-electron chi connectivity index (χ1n) is 8.40. The molecule has 1 atom stereocenters. The van der Waals surface area contributed by atoms with Crippen LogP contribution in [0.25, 0.3) is 32.4 Å². The molecule has 3 N–H and O–H groups in total. The standard InChI is InChI=1S/C17H17N7S/c1-2-11(18-6-1)9-19-17-13-5-7-25-15(13)12-4-3-10(8-14(12)20-17)16-21-23-24-22-16/h3-5,7-8,11,18H,1-2,6,9H2,(H,19,20)(H,21,22,23,24). The van der Waals surface area contributed by atoms with E-state index in [1.165, 1.54) is 22.9 Å². The Hall–Kier alpha value is -2.58. The van der Waals surface area contributed by atoms with Crippen molar-refractivity contribution in [3.63, 3.8) is 0 Å². The maximum Gasteiger partial charge on any atom is 0.204 e. The molecule has 5 rings (SSSR count). The second kappa shape index (κ2) is 6.05. The van der Waals surface area contributed by atoms with Crippen molar-refractivity contribution in [3.05, 3.63) is 29.6 Å². The number of anilines is 1. The number of hydrogen-bond acceptors (Lipinski definition) is 7. The highest BCUT2D eigenvalue weighted by Gasteiger charge is 2.16. The molecule has 8 heteroatoms. The zero-order chi connectivity index (χ0) is 16.6. The Morgan fingerprint density at radius 1 is 1.24 bits per heavy atom. The monoisotopic (exact) mass is 351 g/mol. The largest absolute Gasteiger partial charge is 0.368 e. The van der Waals surface area contributed by atoms with Crippen LogP contribution < -0.4 is 10.6 Å². The summed E-state index contributed by atoms with van der Waals surface area (Å²) in [5.74, 6) is 1.53. The van der Waals surface area contributed by atoms with Crippen molar-refractivity contribution in [2.24, 2.45) is 0 Å². The quantitative estimate of drug-likeness (QED) is 0.524. The van der Waals surface area contributed by atoms with Crippen molar-refractivity contribution >= 4 is 38.1 Å². The minimum atomic E-state index is 0.525. The van der Waals surface area contributed by atoms with Gasteiger partial charge in [-0.15, -0.1) is 21.5 Å². The second-order valence-corrected chi connectivity index (χ2v) is 7.18. The molecule has 0 amide bonds. The van der Waals surface area contributed by atoms with Crippen molar-refractivity contribution in [2.75, 3.05) is 18.4 Å². The molecule has 25 heavy (non-hydrogen) atoms. The zero-order valence-corrected chi connectivity index (χ0v) is 14.3. The van der Waals surface area contributed by atoms with Crippen molar-refractivity contribution in [1.29, 1.82) is 0 Å². The van der Waals surface area contributed by atoms with Gasteiger partial charge in [-0.25, -0.2) is 4.98 Å². The van der Waals surface area contributed by atoms with Crippen LogP contribution in [0.4, 0.5) is 5.82 Å². The third kappa shape index (κ3) is 2.63. The molecule has 0 spiro atoms. The number of H-pyrrole nitrogens is 1. The van der Waals surface area contributed by atoms with Crippen LogP contribution in [0.3, 0.4) is 0 Å². The molecule has 0 aliphatic carbocycles. The Morgan fingerprint density at radius 3 is 3.08 bits per heavy atom. The van der Waals surface area contributed by atoms with Gasteiger partial charge in [0.15, 0.2) is 0 Å². The summed E-state index contributed by atoms with van der Waals surface area (Å²) in [5.41, 5.74) is 1.85. The number of benzene rings is 1. The summed E-state index contributed by atoms with van der Waals surface area (Å²) in [5, 5.41) is 25.8. The Morgan fingerprint density at radius 2 is 2.24 bits per heavy atom. The Balaban J connectivity index is 1.58. The van der Waals surface area contributed by atoms with Crippen molar-refractivity contribution in [3.8, 4) is 11.4 Å². The lowest BCUT2D eigenvalue weighted by molar-refractivity contribution is 0.633. The Labute approximate surface area is 147 Å². The van der Waals surface area contributed by atoms with Gasteiger partial charge in [-0.1, -0.05) is 12.1 Å². The number of nitrogens with one attached hydrogen (secondary N) is 3. The van der Waals surface area contributed by atoms with Crippen LogP contribution in [0.2, 0.25) is 0 Å². The predicted octanol–water partition coefficient (Wildman–Crippen LogP) is 2.79. The van der Waals surface area contributed by atoms with E-state index in [0.29, 0.717) is 11.9 Å². The maximum absolute atomic E-state index is 4.89. The van der Waals surface area contributed by atoms with E-state index in [4.69, 9.17) is 4.98 Å². The first kappa shape index (κ1) is 14.7. The van der Waals surface area contributed by atoms with Gasteiger partial charge in [-0.2, -0.15) is 5.21 Å². The molecule has 7 nitrogen and oxygen atoms in total. The number of fused-ring (bicyclic) bond motifs is 3. The van der Waals surface area contributed by atoms with E-state index in [2.05, 4.69) is 48.8 Å². The number of pyridine rings is 1. The SMILES string of the molecule is c1cc2c(NCC3CCCN3)nc3cc(-c4nn[nH]n4)ccc3c2s1. The van der Waals surface area contributed by atoms with Gasteiger partial charge in [-0.3, -0.25) is 0 Å². The summed E-state index contributed by atoms with van der Waals surface area (Å²) in [7, 11) is 0. The topological polar surface area (TPSA) is 91.4 Å². The molecule has 1 fully saturated rings. The normalized spacial score (nSPS) is 17.5. The molecule has 4 heterocycles. The van der Waals surface area contributed by atoms with E-state index in [1.807, 2.05) is 12.1 Å². The molecule has 0 radical (unpaired) electrons. The molecule has 4 aromatic rings. The van der Waals surface area contributed by atoms with Gasteiger partial charge in [0.25, 0.3) is 0 Å². The molecule has 126 valence electrons. The summed E-state index contributed by atoms with van der Waals surface area (Å²) in [4.78, 5) is 4.89. The minimum Gasteiger partial charge on any atom is -0.368 e. The highest BCUT2D eigenvalue weighted by atomic mass is 32.1. The fourth-order valence-corrected chi connectivity index (χ4v) is 4.34. The predicted molar refractivity (Wildman–Crippen MR) is 99.8 cm³/mol. The first-order chi connectivity index (χ1) is 12.4. The summed E-state index contributed by atoms with van der Waals surface area (Å²) in [6, 6.07) is 8.80. The van der Waals surface area contributed by atoms with Gasteiger partial charge < -0.3 is 10.6 Å². The fourth-order valence-electron chi connectivity index (χ4n) is 3.41. The van der Waals surface area contributed by atoms with Gasteiger partial charge in [0.2, 0.25) is 5.82 Å². The zero-order valence-electron chi connectivity index (χ0n) is 13.5. The van der Waals surface area contributed by atoms with E-state index in [-0.39, 0.29) is 0 Å². The number of rotatable bonds is 4. The van der Waals surface area contributed by atoms with Crippen molar-refractivity contribution in [1.82, 2.24) is 30.9 Å². The minimum absolute atomic E-state index is 0.525. The van der Waals surface area contributed by atoms with E-state index in [1.54, 1.807) is 11.3 Å². The average molecular weight is 351 g/mol. The molecular formula is C17H17N7S. The first-order valence-corrected chi connectivity index (χ1v) is 9.28. The lowest BCUT2D eigenvalue weighted by atomic mass is 10.1. The summed E-state index contributed by atoms with van der Waals surface area (Å²) < 4.78 is 1.26.